The molecule has 2 aromatic rings. The lowest BCUT2D eigenvalue weighted by molar-refractivity contribution is -0.459. The van der Waals surface area contributed by atoms with E-state index in [-0.39, 0.29) is 0 Å². The molecule has 0 radical (unpaired) electrons. The Hall–Kier alpha value is -1.80. The van der Waals surface area contributed by atoms with E-state index in [1.54, 1.807) is 55.5 Å². The van der Waals surface area contributed by atoms with Crippen LogP contribution in [0.4, 0.5) is 0 Å². The maximum atomic E-state index is 11.5. The summed E-state index contributed by atoms with van der Waals surface area (Å²) >= 11 is 0. The van der Waals surface area contributed by atoms with E-state index in [4.69, 9.17) is 0 Å². The molecule has 0 saturated heterocycles. The lowest BCUT2D eigenvalue weighted by atomic mass is 9.30. The van der Waals surface area contributed by atoms with E-state index in [0.29, 0.717) is 11.1 Å². The second-order valence-electron chi connectivity index (χ2n) is 7.74. The monoisotopic (exact) mass is 372 g/mol. The molecular weight excluding hydrogens is 348 g/mol. The third-order valence-corrected chi connectivity index (χ3v) is 6.66. The van der Waals surface area contributed by atoms with Gasteiger partial charge in [0.05, 0.1) is 18.6 Å². The zero-order valence-corrected chi connectivity index (χ0v) is 14.9. The van der Waals surface area contributed by atoms with E-state index in [1.807, 2.05) is 6.07 Å². The van der Waals surface area contributed by atoms with Crippen LogP contribution >= 0.6 is 0 Å². The molecule has 0 bridgehead atoms. The average Bonchev–Trinajstić information content (AvgIpc) is 2.69. The van der Waals surface area contributed by atoms with E-state index in [0.717, 1.165) is 5.56 Å². The van der Waals surface area contributed by atoms with Gasteiger partial charge < -0.3 is 30.6 Å². The number of hydrogen-bond acceptors (Lipinski definition) is 6. The topological polar surface area (TPSA) is 121 Å². The van der Waals surface area contributed by atoms with Crippen LogP contribution in [0.15, 0.2) is 54.6 Å². The highest BCUT2D eigenvalue weighted by molar-refractivity contribution is 5.56. The minimum atomic E-state index is -2.23. The third kappa shape index (κ3) is 1.90. The molecule has 3 unspecified atom stereocenters. The highest BCUT2D eigenvalue weighted by Gasteiger charge is 2.93. The summed E-state index contributed by atoms with van der Waals surface area (Å²) < 4.78 is 0. The molecular formula is C21H24O6. The standard InChI is InChI=1S/C21H24O6/c1-12-7-5-6-10-14(12)16-18(24)20(26)17(13-8-3-2-4-9-13)19(25,15(23)11-22)21(16,20)27/h2-10,15-18,22-27H,11H2,1H3/t15-,16?,17?,18?,19+,20+,21+/m1/s1. The van der Waals surface area contributed by atoms with Crippen molar-refractivity contribution >= 4 is 0 Å². The van der Waals surface area contributed by atoms with Gasteiger partial charge in [0.25, 0.3) is 0 Å². The van der Waals surface area contributed by atoms with Crippen molar-refractivity contribution in [2.45, 2.75) is 47.8 Å². The summed E-state index contributed by atoms with van der Waals surface area (Å²) in [5.41, 5.74) is -4.68. The molecule has 0 amide bonds. The minimum absolute atomic E-state index is 0.460. The molecule has 144 valence electrons. The zero-order chi connectivity index (χ0) is 19.6. The molecule has 6 N–H and O–H groups in total. The smallest absolute Gasteiger partial charge is 0.138 e. The Labute approximate surface area is 157 Å². The Balaban J connectivity index is 1.88. The Bertz CT molecular complexity index is 857. The van der Waals surface area contributed by atoms with E-state index < -0.39 is 47.5 Å². The lowest BCUT2D eigenvalue weighted by Gasteiger charge is -2.80. The maximum absolute atomic E-state index is 11.5. The summed E-state index contributed by atoms with van der Waals surface area (Å²) in [6, 6.07) is 15.5. The van der Waals surface area contributed by atoms with Crippen molar-refractivity contribution in [2.24, 2.45) is 0 Å². The first-order chi connectivity index (χ1) is 12.8. The fraction of sp³-hybridized carbons (Fsp3) is 0.429. The second kappa shape index (κ2) is 5.85. The van der Waals surface area contributed by atoms with Gasteiger partial charge in [-0.3, -0.25) is 0 Å². The van der Waals surface area contributed by atoms with Crippen LogP contribution in [0, 0.1) is 6.92 Å². The summed E-state index contributed by atoms with van der Waals surface area (Å²) in [4.78, 5) is 0. The Kier molecular flexibility index (Phi) is 4.02. The number of aliphatic hydroxyl groups is 6. The quantitative estimate of drug-likeness (QED) is 0.442. The van der Waals surface area contributed by atoms with Crippen molar-refractivity contribution in [1.82, 2.24) is 0 Å². The van der Waals surface area contributed by atoms with Crippen LogP contribution in [0.25, 0.3) is 0 Å². The number of benzene rings is 2. The SMILES string of the molecule is Cc1ccccc1C1C(O)[C@@]2(O)C(c3ccccc3)[C@@](O)([C@H](O)CO)[C@@]12O. The lowest BCUT2D eigenvalue weighted by Crippen LogP contribution is -2.99. The molecule has 0 aromatic heterocycles. The normalized spacial score (nSPS) is 41.2. The van der Waals surface area contributed by atoms with Crippen molar-refractivity contribution in [3.8, 4) is 0 Å². The van der Waals surface area contributed by atoms with Gasteiger partial charge in [0.1, 0.15) is 22.9 Å². The number of fused-ring (bicyclic) bond motifs is 1. The van der Waals surface area contributed by atoms with Crippen molar-refractivity contribution in [3.05, 3.63) is 71.3 Å². The Morgan fingerprint density at radius 2 is 1.56 bits per heavy atom. The van der Waals surface area contributed by atoms with E-state index in [1.165, 1.54) is 0 Å². The first-order valence-corrected chi connectivity index (χ1v) is 9.00. The Morgan fingerprint density at radius 3 is 2.15 bits per heavy atom. The van der Waals surface area contributed by atoms with E-state index in [2.05, 4.69) is 0 Å². The highest BCUT2D eigenvalue weighted by Crippen LogP contribution is 2.75. The molecule has 2 saturated carbocycles. The van der Waals surface area contributed by atoms with E-state index in [9.17, 15) is 30.6 Å². The maximum Gasteiger partial charge on any atom is 0.138 e. The van der Waals surface area contributed by atoms with Crippen LogP contribution in [0.1, 0.15) is 28.5 Å². The second-order valence-corrected chi connectivity index (χ2v) is 7.74. The van der Waals surface area contributed by atoms with Gasteiger partial charge in [0, 0.05) is 5.92 Å². The third-order valence-electron chi connectivity index (χ3n) is 6.66. The summed E-state index contributed by atoms with van der Waals surface area (Å²) in [6.07, 6.45) is -3.05. The van der Waals surface area contributed by atoms with Crippen molar-refractivity contribution in [2.75, 3.05) is 6.61 Å². The molecule has 2 fully saturated rings. The highest BCUT2D eigenvalue weighted by atomic mass is 16.5. The summed E-state index contributed by atoms with van der Waals surface area (Å²) in [6.45, 7) is 1.01. The van der Waals surface area contributed by atoms with Gasteiger partial charge in [0.2, 0.25) is 0 Å². The van der Waals surface area contributed by atoms with E-state index >= 15 is 0 Å². The largest absolute Gasteiger partial charge is 0.394 e. The fourth-order valence-corrected chi connectivity index (χ4v) is 5.37. The van der Waals surface area contributed by atoms with Gasteiger partial charge in [0.15, 0.2) is 0 Å². The van der Waals surface area contributed by atoms with Gasteiger partial charge in [-0.25, -0.2) is 0 Å². The van der Waals surface area contributed by atoms with Gasteiger partial charge in [-0.15, -0.1) is 0 Å². The van der Waals surface area contributed by atoms with Gasteiger partial charge in [-0.1, -0.05) is 54.6 Å². The van der Waals surface area contributed by atoms with Crippen LogP contribution in [-0.2, 0) is 0 Å². The number of aliphatic hydroxyl groups excluding tert-OH is 3. The van der Waals surface area contributed by atoms with Crippen LogP contribution in [0.2, 0.25) is 0 Å². The first kappa shape index (κ1) is 18.6. The van der Waals surface area contributed by atoms with Crippen molar-refractivity contribution in [1.29, 1.82) is 0 Å². The predicted molar refractivity (Wildman–Crippen MR) is 97.1 cm³/mol. The predicted octanol–water partition coefficient (Wildman–Crippen LogP) is -0.203. The molecule has 2 aliphatic carbocycles. The van der Waals surface area contributed by atoms with Crippen molar-refractivity contribution in [3.63, 3.8) is 0 Å². The zero-order valence-electron chi connectivity index (χ0n) is 14.9. The molecule has 0 spiro atoms. The van der Waals surface area contributed by atoms with Gasteiger partial charge in [-0.2, -0.15) is 0 Å². The summed E-state index contributed by atoms with van der Waals surface area (Å²) in [5, 5.41) is 65.0. The molecule has 6 nitrogen and oxygen atoms in total. The van der Waals surface area contributed by atoms with Crippen LogP contribution in [0.5, 0.6) is 0 Å². The molecule has 2 aliphatic rings. The van der Waals surface area contributed by atoms with Crippen molar-refractivity contribution < 1.29 is 30.6 Å². The van der Waals surface area contributed by atoms with Crippen LogP contribution in [0.3, 0.4) is 0 Å². The molecule has 0 aliphatic heterocycles. The Morgan fingerprint density at radius 1 is 0.963 bits per heavy atom. The summed E-state index contributed by atoms with van der Waals surface area (Å²) in [5.74, 6) is -2.16. The van der Waals surface area contributed by atoms with Gasteiger partial charge >= 0.3 is 0 Å². The molecule has 2 aromatic carbocycles. The number of hydrogen-bond donors (Lipinski definition) is 6. The summed E-state index contributed by atoms with van der Waals surface area (Å²) in [7, 11) is 0. The number of rotatable bonds is 4. The average molecular weight is 372 g/mol. The van der Waals surface area contributed by atoms with Crippen LogP contribution in [-0.4, -0.2) is 66.3 Å². The molecule has 0 heterocycles. The molecule has 6 heteroatoms. The molecule has 4 rings (SSSR count). The van der Waals surface area contributed by atoms with Crippen LogP contribution < -0.4 is 0 Å². The molecule has 7 atom stereocenters. The molecule has 27 heavy (non-hydrogen) atoms. The first-order valence-electron chi connectivity index (χ1n) is 9.00. The van der Waals surface area contributed by atoms with Gasteiger partial charge in [-0.05, 0) is 23.6 Å². The minimum Gasteiger partial charge on any atom is -0.394 e. The number of aryl methyl sites for hydroxylation is 1. The fourth-order valence-electron chi connectivity index (χ4n) is 5.37.